The molecule has 1 unspecified atom stereocenters. The summed E-state index contributed by atoms with van der Waals surface area (Å²) in [5.41, 5.74) is 0.884. The van der Waals surface area contributed by atoms with Crippen LogP contribution in [0.4, 0.5) is 13.2 Å². The number of hydrogen-bond acceptors (Lipinski definition) is 4. The Balaban J connectivity index is 2.18. The van der Waals surface area contributed by atoms with Gasteiger partial charge in [-0.25, -0.2) is 0 Å². The van der Waals surface area contributed by atoms with Crippen LogP contribution >= 0.6 is 0 Å². The van der Waals surface area contributed by atoms with Crippen LogP contribution in [0.3, 0.4) is 0 Å². The van der Waals surface area contributed by atoms with Crippen LogP contribution in [0, 0.1) is 6.92 Å². The Hall–Kier alpha value is -2.97. The van der Waals surface area contributed by atoms with Crippen molar-refractivity contribution in [1.29, 1.82) is 0 Å². The molecule has 0 radical (unpaired) electrons. The molecule has 2 N–H and O–H groups in total. The molecule has 9 heteroatoms. The standard InChI is InChI=1S/C16H14F3NO5/c1-9-6-7-24-14(9)15(23)20-12(8-13(21)22)10-2-4-11(5-3-10)25-16(17,18)19/h2-7,12H,8H2,1H3,(H,20,23)(H,21,22). The number of alkyl halides is 3. The fraction of sp³-hybridized carbons (Fsp3) is 0.250. The highest BCUT2D eigenvalue weighted by Gasteiger charge is 2.31. The summed E-state index contributed by atoms with van der Waals surface area (Å²) in [7, 11) is 0. The third-order valence-corrected chi connectivity index (χ3v) is 3.27. The molecule has 0 aliphatic carbocycles. The average Bonchev–Trinajstić information content (AvgIpc) is 2.91. The van der Waals surface area contributed by atoms with Crippen molar-refractivity contribution < 1.29 is 37.0 Å². The minimum absolute atomic E-state index is 0.0346. The topological polar surface area (TPSA) is 88.8 Å². The van der Waals surface area contributed by atoms with Crippen LogP contribution in [0.1, 0.15) is 34.1 Å². The lowest BCUT2D eigenvalue weighted by Crippen LogP contribution is -2.30. The van der Waals surface area contributed by atoms with Gasteiger partial charge < -0.3 is 19.6 Å². The fourth-order valence-corrected chi connectivity index (χ4v) is 2.16. The Morgan fingerprint density at radius 3 is 2.36 bits per heavy atom. The number of hydrogen-bond donors (Lipinski definition) is 2. The van der Waals surface area contributed by atoms with Crippen LogP contribution in [0.25, 0.3) is 0 Å². The fourth-order valence-electron chi connectivity index (χ4n) is 2.16. The van der Waals surface area contributed by atoms with Gasteiger partial charge >= 0.3 is 12.3 Å². The summed E-state index contributed by atoms with van der Waals surface area (Å²) < 4.78 is 45.3. The van der Waals surface area contributed by atoms with Gasteiger partial charge in [-0.1, -0.05) is 12.1 Å². The van der Waals surface area contributed by atoms with Gasteiger partial charge in [0, 0.05) is 5.56 Å². The van der Waals surface area contributed by atoms with Crippen molar-refractivity contribution in [3.63, 3.8) is 0 Å². The quantitative estimate of drug-likeness (QED) is 0.827. The third-order valence-electron chi connectivity index (χ3n) is 3.27. The SMILES string of the molecule is Cc1ccoc1C(=O)NC(CC(=O)O)c1ccc(OC(F)(F)F)cc1. The van der Waals surface area contributed by atoms with Crippen molar-refractivity contribution in [2.24, 2.45) is 0 Å². The third kappa shape index (κ3) is 5.27. The van der Waals surface area contributed by atoms with E-state index in [9.17, 15) is 22.8 Å². The first-order valence-corrected chi connectivity index (χ1v) is 7.08. The van der Waals surface area contributed by atoms with E-state index in [1.54, 1.807) is 13.0 Å². The minimum atomic E-state index is -4.83. The highest BCUT2D eigenvalue weighted by molar-refractivity contribution is 5.93. The lowest BCUT2D eigenvalue weighted by Gasteiger charge is -2.17. The first-order chi connectivity index (χ1) is 11.7. The molecule has 1 amide bonds. The summed E-state index contributed by atoms with van der Waals surface area (Å²) >= 11 is 0. The number of carbonyl (C=O) groups is 2. The first kappa shape index (κ1) is 18.4. The summed E-state index contributed by atoms with van der Waals surface area (Å²) in [6, 6.07) is 5.22. The number of amides is 1. The Bertz CT molecular complexity index is 752. The number of carboxylic acid groups (broad SMARTS) is 1. The first-order valence-electron chi connectivity index (χ1n) is 7.08. The molecule has 134 valence electrons. The van der Waals surface area contributed by atoms with Crippen molar-refractivity contribution in [3.05, 3.63) is 53.5 Å². The van der Waals surface area contributed by atoms with Crippen LogP contribution in [-0.4, -0.2) is 23.3 Å². The van der Waals surface area contributed by atoms with Gasteiger partial charge in [-0.05, 0) is 30.7 Å². The van der Waals surface area contributed by atoms with E-state index in [0.29, 0.717) is 11.1 Å². The lowest BCUT2D eigenvalue weighted by atomic mass is 10.0. The van der Waals surface area contributed by atoms with Crippen molar-refractivity contribution >= 4 is 11.9 Å². The Labute approximate surface area is 140 Å². The molecule has 25 heavy (non-hydrogen) atoms. The number of aliphatic carboxylic acids is 1. The number of ether oxygens (including phenoxy) is 1. The zero-order valence-corrected chi connectivity index (χ0v) is 13.0. The molecule has 6 nitrogen and oxygen atoms in total. The van der Waals surface area contributed by atoms with Crippen molar-refractivity contribution in [2.45, 2.75) is 25.7 Å². The van der Waals surface area contributed by atoms with Gasteiger partial charge in [0.2, 0.25) is 0 Å². The summed E-state index contributed by atoms with van der Waals surface area (Å²) in [5.74, 6) is -2.22. The van der Waals surface area contributed by atoms with E-state index in [0.717, 1.165) is 12.1 Å². The number of carboxylic acids is 1. The predicted octanol–water partition coefficient (Wildman–Crippen LogP) is 3.43. The molecule has 2 aromatic rings. The van der Waals surface area contributed by atoms with Gasteiger partial charge in [-0.3, -0.25) is 9.59 Å². The van der Waals surface area contributed by atoms with Gasteiger partial charge in [0.1, 0.15) is 5.75 Å². The van der Waals surface area contributed by atoms with Crippen molar-refractivity contribution in [1.82, 2.24) is 5.32 Å². The van der Waals surface area contributed by atoms with Crippen molar-refractivity contribution in [3.8, 4) is 5.75 Å². The molecule has 1 heterocycles. The van der Waals surface area contributed by atoms with Crippen LogP contribution < -0.4 is 10.1 Å². The molecule has 0 bridgehead atoms. The van der Waals surface area contributed by atoms with E-state index in [-0.39, 0.29) is 5.76 Å². The second-order valence-corrected chi connectivity index (χ2v) is 5.17. The molecule has 0 aliphatic rings. The highest BCUT2D eigenvalue weighted by atomic mass is 19.4. The normalized spacial score (nSPS) is 12.5. The lowest BCUT2D eigenvalue weighted by molar-refractivity contribution is -0.274. The molecule has 0 saturated heterocycles. The zero-order valence-electron chi connectivity index (χ0n) is 13.0. The average molecular weight is 357 g/mol. The number of benzene rings is 1. The van der Waals surface area contributed by atoms with Crippen molar-refractivity contribution in [2.75, 3.05) is 0 Å². The Morgan fingerprint density at radius 1 is 1.24 bits per heavy atom. The number of rotatable bonds is 6. The van der Waals surface area contributed by atoms with Crippen LogP contribution in [0.2, 0.25) is 0 Å². The number of furan rings is 1. The maximum atomic E-state index is 12.2. The number of aryl methyl sites for hydroxylation is 1. The second-order valence-electron chi connectivity index (χ2n) is 5.17. The van der Waals surface area contributed by atoms with Crippen LogP contribution in [0.5, 0.6) is 5.75 Å². The summed E-state index contributed by atoms with van der Waals surface area (Å²) in [6.07, 6.45) is -3.96. The number of halogens is 3. The number of nitrogens with one attached hydrogen (secondary N) is 1. The number of carbonyl (C=O) groups excluding carboxylic acids is 1. The molecule has 1 atom stereocenters. The summed E-state index contributed by atoms with van der Waals surface area (Å²) in [5, 5.41) is 11.5. The molecule has 2 rings (SSSR count). The van der Waals surface area contributed by atoms with Gasteiger partial charge in [0.25, 0.3) is 5.91 Å². The van der Waals surface area contributed by atoms with E-state index in [2.05, 4.69) is 10.1 Å². The van der Waals surface area contributed by atoms with Gasteiger partial charge in [-0.15, -0.1) is 13.2 Å². The molecule has 0 saturated carbocycles. The van der Waals surface area contributed by atoms with E-state index in [1.807, 2.05) is 0 Å². The van der Waals surface area contributed by atoms with Crippen LogP contribution in [0.15, 0.2) is 41.0 Å². The second kappa shape index (κ2) is 7.29. The summed E-state index contributed by atoms with van der Waals surface area (Å²) in [6.45, 7) is 1.65. The highest BCUT2D eigenvalue weighted by Crippen LogP contribution is 2.26. The van der Waals surface area contributed by atoms with Gasteiger partial charge in [0.15, 0.2) is 5.76 Å². The zero-order chi connectivity index (χ0) is 18.6. The maximum Gasteiger partial charge on any atom is 0.573 e. The molecular weight excluding hydrogens is 343 g/mol. The molecule has 1 aromatic heterocycles. The molecule has 0 spiro atoms. The maximum absolute atomic E-state index is 12.2. The largest absolute Gasteiger partial charge is 0.573 e. The van der Waals surface area contributed by atoms with E-state index < -0.39 is 36.5 Å². The molecular formula is C16H14F3NO5. The monoisotopic (exact) mass is 357 g/mol. The Morgan fingerprint density at radius 2 is 1.88 bits per heavy atom. The van der Waals surface area contributed by atoms with Gasteiger partial charge in [-0.2, -0.15) is 0 Å². The van der Waals surface area contributed by atoms with Gasteiger partial charge in [0.05, 0.1) is 18.7 Å². The molecule has 1 aromatic carbocycles. The molecule has 0 fully saturated rings. The van der Waals surface area contributed by atoms with Crippen LogP contribution in [-0.2, 0) is 4.79 Å². The minimum Gasteiger partial charge on any atom is -0.481 e. The smallest absolute Gasteiger partial charge is 0.481 e. The Kier molecular flexibility index (Phi) is 5.35. The van der Waals surface area contributed by atoms with E-state index in [4.69, 9.17) is 9.52 Å². The van der Waals surface area contributed by atoms with E-state index >= 15 is 0 Å². The summed E-state index contributed by atoms with van der Waals surface area (Å²) in [4.78, 5) is 23.2. The molecule has 0 aliphatic heterocycles. The predicted molar refractivity (Wildman–Crippen MR) is 79.0 cm³/mol. The van der Waals surface area contributed by atoms with E-state index in [1.165, 1.54) is 18.4 Å².